The van der Waals surface area contributed by atoms with Crippen molar-refractivity contribution >= 4 is 17.9 Å². The van der Waals surface area contributed by atoms with Crippen LogP contribution in [-0.2, 0) is 28.6 Å². The van der Waals surface area contributed by atoms with E-state index in [2.05, 4.69) is 167 Å². The molecule has 67 heavy (non-hydrogen) atoms. The van der Waals surface area contributed by atoms with Crippen molar-refractivity contribution in [2.24, 2.45) is 0 Å². The molecule has 1 unspecified atom stereocenters. The van der Waals surface area contributed by atoms with E-state index in [4.69, 9.17) is 14.2 Å². The first-order valence-corrected chi connectivity index (χ1v) is 26.3. The lowest BCUT2D eigenvalue weighted by molar-refractivity contribution is -0.167. The zero-order chi connectivity index (χ0) is 48.6. The summed E-state index contributed by atoms with van der Waals surface area (Å²) in [5.41, 5.74) is 0. The minimum atomic E-state index is -0.822. The largest absolute Gasteiger partial charge is 0.462 e. The van der Waals surface area contributed by atoms with Gasteiger partial charge in [-0.3, -0.25) is 14.4 Å². The quantitative estimate of drug-likeness (QED) is 0.0262. The van der Waals surface area contributed by atoms with Crippen LogP contribution in [0.2, 0.25) is 0 Å². The van der Waals surface area contributed by atoms with Crippen LogP contribution in [0.4, 0.5) is 0 Å². The van der Waals surface area contributed by atoms with Crippen LogP contribution in [0.15, 0.2) is 146 Å². The Bertz CT molecular complexity index is 1530. The maximum absolute atomic E-state index is 12.8. The number of hydrogen-bond donors (Lipinski definition) is 0. The fraction of sp³-hybridized carbons (Fsp3) is 0.557. The van der Waals surface area contributed by atoms with E-state index in [1.54, 1.807) is 0 Å². The minimum Gasteiger partial charge on any atom is -0.462 e. The van der Waals surface area contributed by atoms with Crippen LogP contribution in [0, 0.1) is 0 Å². The number of rotatable bonds is 45. The summed E-state index contributed by atoms with van der Waals surface area (Å²) in [4.78, 5) is 38.0. The van der Waals surface area contributed by atoms with E-state index in [9.17, 15) is 14.4 Å². The van der Waals surface area contributed by atoms with Crippen molar-refractivity contribution in [3.63, 3.8) is 0 Å². The van der Waals surface area contributed by atoms with Crippen LogP contribution >= 0.6 is 0 Å². The summed E-state index contributed by atoms with van der Waals surface area (Å²) in [6.07, 6.45) is 76.9. The van der Waals surface area contributed by atoms with Gasteiger partial charge in [0.25, 0.3) is 0 Å². The first-order chi connectivity index (χ1) is 33.0. The number of ether oxygens (including phenoxy) is 3. The number of hydrogen-bond acceptors (Lipinski definition) is 6. The highest BCUT2D eigenvalue weighted by molar-refractivity contribution is 5.71. The zero-order valence-corrected chi connectivity index (χ0v) is 42.6. The molecule has 0 heterocycles. The number of carbonyl (C=O) groups excluding carboxylic acids is 3. The fourth-order valence-corrected chi connectivity index (χ4v) is 6.47. The Morgan fingerprint density at radius 3 is 0.836 bits per heavy atom. The molecule has 0 spiro atoms. The normalized spacial score (nSPS) is 13.3. The van der Waals surface area contributed by atoms with Gasteiger partial charge >= 0.3 is 17.9 Å². The Kier molecular flexibility index (Phi) is 50.1. The molecule has 0 aromatic carbocycles. The van der Waals surface area contributed by atoms with E-state index in [1.165, 1.54) is 0 Å². The summed E-state index contributed by atoms with van der Waals surface area (Å²) in [6.45, 7) is 6.19. The van der Waals surface area contributed by atoms with Gasteiger partial charge in [-0.15, -0.1) is 0 Å². The lowest BCUT2D eigenvalue weighted by atomic mass is 10.1. The standard InChI is InChI=1S/C61H94O6/c1-4-7-10-13-16-19-22-25-26-27-28-29-30-31-32-33-34-37-39-42-45-48-51-54-60(63)66-57-58(67-61(64)55-52-49-46-43-40-36-24-21-18-15-12-9-6-3)56-65-59(62)53-50-47-44-41-38-35-23-20-17-14-11-8-5-2/h7-12,16-21,25-26,28-29,31-32,34-38,40,58H,4-6,13-15,22-24,27,30,33,39,41-57H2,1-3H3/b10-7-,11-8-,12-9-,19-16-,20-17-,21-18-,26-25-,29-28-,32-31-,37-34-,38-35-,40-36-. The van der Waals surface area contributed by atoms with Gasteiger partial charge in [-0.05, 0) is 135 Å². The van der Waals surface area contributed by atoms with Gasteiger partial charge in [0.05, 0.1) is 0 Å². The molecule has 374 valence electrons. The predicted octanol–water partition coefficient (Wildman–Crippen LogP) is 17.6. The van der Waals surface area contributed by atoms with Crippen molar-refractivity contribution in [1.82, 2.24) is 0 Å². The molecular weight excluding hydrogens is 829 g/mol. The Morgan fingerprint density at radius 1 is 0.299 bits per heavy atom. The van der Waals surface area contributed by atoms with Gasteiger partial charge in [0.1, 0.15) is 13.2 Å². The van der Waals surface area contributed by atoms with Crippen LogP contribution < -0.4 is 0 Å². The Hall–Kier alpha value is -4.71. The molecule has 0 fully saturated rings. The number of esters is 3. The Morgan fingerprint density at radius 2 is 0.537 bits per heavy atom. The topological polar surface area (TPSA) is 78.9 Å². The monoisotopic (exact) mass is 923 g/mol. The molecular formula is C61H94O6. The van der Waals surface area contributed by atoms with Crippen molar-refractivity contribution in [3.8, 4) is 0 Å². The summed E-state index contributed by atoms with van der Waals surface area (Å²) in [5, 5.41) is 0. The molecule has 0 aliphatic rings. The van der Waals surface area contributed by atoms with E-state index in [0.717, 1.165) is 154 Å². The highest BCUT2D eigenvalue weighted by Crippen LogP contribution is 2.11. The Labute approximate surface area is 410 Å². The average Bonchev–Trinajstić information content (AvgIpc) is 3.33. The number of allylic oxidation sites excluding steroid dienone is 24. The van der Waals surface area contributed by atoms with Crippen LogP contribution in [0.25, 0.3) is 0 Å². The average molecular weight is 923 g/mol. The first-order valence-electron chi connectivity index (χ1n) is 26.3. The second-order valence-electron chi connectivity index (χ2n) is 16.6. The highest BCUT2D eigenvalue weighted by atomic mass is 16.6. The molecule has 0 saturated carbocycles. The van der Waals surface area contributed by atoms with Gasteiger partial charge in [-0.1, -0.05) is 192 Å². The second kappa shape index (κ2) is 53.9. The highest BCUT2D eigenvalue weighted by Gasteiger charge is 2.19. The minimum absolute atomic E-state index is 0.119. The van der Waals surface area contributed by atoms with E-state index in [-0.39, 0.29) is 37.5 Å². The van der Waals surface area contributed by atoms with Crippen molar-refractivity contribution in [2.75, 3.05) is 13.2 Å². The molecule has 0 bridgehead atoms. The number of carbonyl (C=O) groups is 3. The summed E-state index contributed by atoms with van der Waals surface area (Å²) >= 11 is 0. The van der Waals surface area contributed by atoms with Gasteiger partial charge in [-0.25, -0.2) is 0 Å². The van der Waals surface area contributed by atoms with Crippen molar-refractivity contribution in [3.05, 3.63) is 146 Å². The van der Waals surface area contributed by atoms with Gasteiger partial charge < -0.3 is 14.2 Å². The Balaban J connectivity index is 4.49. The van der Waals surface area contributed by atoms with Gasteiger partial charge in [0, 0.05) is 19.3 Å². The molecule has 0 aliphatic heterocycles. The molecule has 0 aromatic heterocycles. The summed E-state index contributed by atoms with van der Waals surface area (Å²) in [5.74, 6) is -1.01. The number of unbranched alkanes of at least 4 members (excludes halogenated alkanes) is 10. The van der Waals surface area contributed by atoms with Crippen LogP contribution in [0.1, 0.15) is 201 Å². The molecule has 0 rings (SSSR count). The third-order valence-corrected chi connectivity index (χ3v) is 10.3. The summed E-state index contributed by atoms with van der Waals surface area (Å²) in [6, 6.07) is 0. The van der Waals surface area contributed by atoms with Crippen LogP contribution in [0.5, 0.6) is 0 Å². The van der Waals surface area contributed by atoms with Gasteiger partial charge in [0.2, 0.25) is 0 Å². The molecule has 0 amide bonds. The fourth-order valence-electron chi connectivity index (χ4n) is 6.47. The maximum atomic E-state index is 12.8. The summed E-state index contributed by atoms with van der Waals surface area (Å²) < 4.78 is 16.7. The third kappa shape index (κ3) is 52.1. The summed E-state index contributed by atoms with van der Waals surface area (Å²) in [7, 11) is 0. The van der Waals surface area contributed by atoms with E-state index >= 15 is 0 Å². The molecule has 6 nitrogen and oxygen atoms in total. The van der Waals surface area contributed by atoms with Crippen molar-refractivity contribution in [1.29, 1.82) is 0 Å². The molecule has 6 heteroatoms. The predicted molar refractivity (Wildman–Crippen MR) is 288 cm³/mol. The zero-order valence-electron chi connectivity index (χ0n) is 42.6. The smallest absolute Gasteiger partial charge is 0.306 e. The van der Waals surface area contributed by atoms with Crippen molar-refractivity contribution < 1.29 is 28.6 Å². The molecule has 0 aliphatic carbocycles. The lowest BCUT2D eigenvalue weighted by Crippen LogP contribution is -2.30. The molecule has 0 radical (unpaired) electrons. The lowest BCUT2D eigenvalue weighted by Gasteiger charge is -2.18. The van der Waals surface area contributed by atoms with Crippen molar-refractivity contribution in [2.45, 2.75) is 207 Å². The maximum Gasteiger partial charge on any atom is 0.306 e. The molecule has 1 atom stereocenters. The SMILES string of the molecule is CC/C=C\C/C=C\C/C=C\C/C=C\C/C=C\C/C=C\CCCCCCC(=O)OCC(COC(=O)CCCCC/C=C\C/C=C\C/C=C\CC)OC(=O)CCCCC/C=C\C/C=C\C/C=C\CC. The van der Waals surface area contributed by atoms with E-state index in [0.29, 0.717) is 19.3 Å². The van der Waals surface area contributed by atoms with Crippen LogP contribution in [-0.4, -0.2) is 37.2 Å². The van der Waals surface area contributed by atoms with Gasteiger partial charge in [0.15, 0.2) is 6.10 Å². The molecule has 0 N–H and O–H groups in total. The van der Waals surface area contributed by atoms with E-state index < -0.39 is 6.10 Å². The third-order valence-electron chi connectivity index (χ3n) is 10.3. The second-order valence-corrected chi connectivity index (χ2v) is 16.6. The molecule has 0 aromatic rings. The van der Waals surface area contributed by atoms with E-state index in [1.807, 2.05) is 0 Å². The van der Waals surface area contributed by atoms with Gasteiger partial charge in [-0.2, -0.15) is 0 Å². The molecule has 0 saturated heterocycles. The first kappa shape index (κ1) is 62.3. The van der Waals surface area contributed by atoms with Crippen LogP contribution in [0.3, 0.4) is 0 Å².